The van der Waals surface area contributed by atoms with Crippen molar-refractivity contribution in [3.8, 4) is 0 Å². The van der Waals surface area contributed by atoms with Crippen LogP contribution in [0.1, 0.15) is 51.9 Å². The van der Waals surface area contributed by atoms with E-state index in [0.29, 0.717) is 6.42 Å². The van der Waals surface area contributed by atoms with Gasteiger partial charge in [0, 0.05) is 32.6 Å². The molecule has 0 bridgehead atoms. The molecule has 0 spiro atoms. The molecule has 4 nitrogen and oxygen atoms in total. The Morgan fingerprint density at radius 3 is 2.30 bits per heavy atom. The summed E-state index contributed by atoms with van der Waals surface area (Å²) in [6.07, 6.45) is 7.87. The molecule has 20 heavy (non-hydrogen) atoms. The van der Waals surface area contributed by atoms with Crippen molar-refractivity contribution in [2.75, 3.05) is 34.2 Å². The van der Waals surface area contributed by atoms with Gasteiger partial charge in [-0.1, -0.05) is 13.3 Å². The van der Waals surface area contributed by atoms with Crippen molar-refractivity contribution in [3.63, 3.8) is 0 Å². The topological polar surface area (TPSA) is 49.6 Å². The molecule has 0 unspecified atom stereocenters. The highest BCUT2D eigenvalue weighted by Crippen LogP contribution is 2.36. The molecule has 0 radical (unpaired) electrons. The summed E-state index contributed by atoms with van der Waals surface area (Å²) in [4.78, 5) is 15.7. The first-order chi connectivity index (χ1) is 9.45. The van der Waals surface area contributed by atoms with E-state index in [1.807, 2.05) is 14.1 Å². The Morgan fingerprint density at radius 2 is 1.85 bits per heavy atom. The van der Waals surface area contributed by atoms with Crippen molar-refractivity contribution in [2.45, 2.75) is 57.4 Å². The number of carbonyl (C=O) groups is 1. The summed E-state index contributed by atoms with van der Waals surface area (Å²) < 4.78 is 0. The maximum absolute atomic E-state index is 11.6. The second-order valence-corrected chi connectivity index (χ2v) is 6.59. The third kappa shape index (κ3) is 4.45. The van der Waals surface area contributed by atoms with E-state index < -0.39 is 0 Å². The lowest BCUT2D eigenvalue weighted by molar-refractivity contribution is -0.128. The van der Waals surface area contributed by atoms with E-state index in [9.17, 15) is 4.79 Å². The van der Waals surface area contributed by atoms with Gasteiger partial charge in [0.1, 0.15) is 0 Å². The summed E-state index contributed by atoms with van der Waals surface area (Å²) in [6, 6.07) is 0. The maximum atomic E-state index is 11.6. The molecule has 0 aromatic carbocycles. The van der Waals surface area contributed by atoms with Crippen LogP contribution < -0.4 is 5.73 Å². The van der Waals surface area contributed by atoms with Crippen molar-refractivity contribution in [1.82, 2.24) is 9.80 Å². The molecular formula is C16H33N3O. The molecule has 1 aliphatic carbocycles. The Bertz CT molecular complexity index is 296. The van der Waals surface area contributed by atoms with Gasteiger partial charge in [0.15, 0.2) is 0 Å². The Morgan fingerprint density at radius 1 is 1.25 bits per heavy atom. The predicted molar refractivity (Wildman–Crippen MR) is 84.6 cm³/mol. The first-order valence-corrected chi connectivity index (χ1v) is 8.06. The molecule has 0 atom stereocenters. The molecule has 1 saturated carbocycles. The second kappa shape index (κ2) is 7.99. The van der Waals surface area contributed by atoms with Gasteiger partial charge in [-0.05, 0) is 51.6 Å². The SMILES string of the molecule is CCC1CCC(CN)(N(C)CCCC(=O)N(C)C)CC1. The van der Waals surface area contributed by atoms with E-state index in [1.54, 1.807) is 4.90 Å². The first kappa shape index (κ1) is 17.4. The predicted octanol–water partition coefficient (Wildman–Crippen LogP) is 2.08. The molecule has 1 aliphatic rings. The van der Waals surface area contributed by atoms with Crippen molar-refractivity contribution in [2.24, 2.45) is 11.7 Å². The number of nitrogens with zero attached hydrogens (tertiary/aromatic N) is 2. The van der Waals surface area contributed by atoms with Crippen LogP contribution in [0.4, 0.5) is 0 Å². The van der Waals surface area contributed by atoms with Crippen LogP contribution in [-0.4, -0.2) is 55.5 Å². The van der Waals surface area contributed by atoms with Crippen LogP contribution in [0.5, 0.6) is 0 Å². The van der Waals surface area contributed by atoms with E-state index in [0.717, 1.165) is 25.4 Å². The van der Waals surface area contributed by atoms with Crippen LogP contribution in [0.2, 0.25) is 0 Å². The van der Waals surface area contributed by atoms with Crippen LogP contribution in [0.15, 0.2) is 0 Å². The summed E-state index contributed by atoms with van der Waals surface area (Å²) in [5.41, 5.74) is 6.26. The van der Waals surface area contributed by atoms with Crippen LogP contribution >= 0.6 is 0 Å². The lowest BCUT2D eigenvalue weighted by atomic mass is 9.74. The average molecular weight is 283 g/mol. The normalized spacial score (nSPS) is 26.8. The Labute approximate surface area is 124 Å². The lowest BCUT2D eigenvalue weighted by Gasteiger charge is -2.46. The minimum absolute atomic E-state index is 0.173. The number of hydrogen-bond acceptors (Lipinski definition) is 3. The number of rotatable bonds is 7. The number of nitrogens with two attached hydrogens (primary N) is 1. The summed E-state index contributed by atoms with van der Waals surface area (Å²) in [7, 11) is 5.82. The van der Waals surface area contributed by atoms with Gasteiger partial charge in [-0.3, -0.25) is 9.69 Å². The van der Waals surface area contributed by atoms with Gasteiger partial charge in [0.05, 0.1) is 0 Å². The molecular weight excluding hydrogens is 250 g/mol. The average Bonchev–Trinajstić information content (AvgIpc) is 2.46. The summed E-state index contributed by atoms with van der Waals surface area (Å²) in [6.45, 7) is 3.99. The Hall–Kier alpha value is -0.610. The molecule has 2 N–H and O–H groups in total. The van der Waals surface area contributed by atoms with E-state index in [2.05, 4.69) is 18.9 Å². The van der Waals surface area contributed by atoms with Gasteiger partial charge >= 0.3 is 0 Å². The van der Waals surface area contributed by atoms with Gasteiger partial charge in [0.25, 0.3) is 0 Å². The fraction of sp³-hybridized carbons (Fsp3) is 0.938. The van der Waals surface area contributed by atoms with Crippen molar-refractivity contribution in [1.29, 1.82) is 0 Å². The van der Waals surface area contributed by atoms with E-state index in [-0.39, 0.29) is 11.4 Å². The van der Waals surface area contributed by atoms with Gasteiger partial charge in [-0.2, -0.15) is 0 Å². The molecule has 0 aromatic rings. The molecule has 118 valence electrons. The number of carbonyl (C=O) groups excluding carboxylic acids is 1. The molecule has 1 amide bonds. The zero-order chi connectivity index (χ0) is 15.2. The second-order valence-electron chi connectivity index (χ2n) is 6.59. The zero-order valence-electron chi connectivity index (χ0n) is 13.8. The molecule has 1 rings (SSSR count). The Kier molecular flexibility index (Phi) is 6.96. The van der Waals surface area contributed by atoms with Gasteiger partial charge in [-0.25, -0.2) is 0 Å². The van der Waals surface area contributed by atoms with E-state index >= 15 is 0 Å². The molecule has 0 heterocycles. The maximum Gasteiger partial charge on any atom is 0.222 e. The van der Waals surface area contributed by atoms with Crippen LogP contribution in [0.3, 0.4) is 0 Å². The highest BCUT2D eigenvalue weighted by Gasteiger charge is 2.36. The number of amides is 1. The molecule has 4 heteroatoms. The fourth-order valence-electron chi connectivity index (χ4n) is 3.29. The monoisotopic (exact) mass is 283 g/mol. The van der Waals surface area contributed by atoms with E-state index in [1.165, 1.54) is 32.1 Å². The third-order valence-corrected chi connectivity index (χ3v) is 5.19. The zero-order valence-corrected chi connectivity index (χ0v) is 13.8. The minimum atomic E-state index is 0.173. The van der Waals surface area contributed by atoms with Crippen molar-refractivity contribution >= 4 is 5.91 Å². The highest BCUT2D eigenvalue weighted by atomic mass is 16.2. The van der Waals surface area contributed by atoms with Gasteiger partial charge in [0.2, 0.25) is 5.91 Å². The standard InChI is InChI=1S/C16H33N3O/c1-5-14-8-10-16(13-17,11-9-14)19(4)12-6-7-15(20)18(2)3/h14H,5-13,17H2,1-4H3. The quantitative estimate of drug-likeness (QED) is 0.778. The van der Waals surface area contributed by atoms with Crippen LogP contribution in [0, 0.1) is 5.92 Å². The molecule has 1 fully saturated rings. The Balaban J connectivity index is 2.43. The smallest absolute Gasteiger partial charge is 0.222 e. The van der Waals surface area contributed by atoms with E-state index in [4.69, 9.17) is 5.73 Å². The molecule has 0 saturated heterocycles. The van der Waals surface area contributed by atoms with Crippen LogP contribution in [0.25, 0.3) is 0 Å². The minimum Gasteiger partial charge on any atom is -0.349 e. The summed E-state index contributed by atoms with van der Waals surface area (Å²) >= 11 is 0. The van der Waals surface area contributed by atoms with Gasteiger partial charge < -0.3 is 10.6 Å². The number of hydrogen-bond donors (Lipinski definition) is 1. The summed E-state index contributed by atoms with van der Waals surface area (Å²) in [5, 5.41) is 0. The van der Waals surface area contributed by atoms with Crippen LogP contribution in [-0.2, 0) is 4.79 Å². The highest BCUT2D eigenvalue weighted by molar-refractivity contribution is 5.75. The lowest BCUT2D eigenvalue weighted by Crippen LogP contribution is -2.54. The first-order valence-electron chi connectivity index (χ1n) is 8.06. The molecule has 0 aromatic heterocycles. The number of likely N-dealkylation sites (N-methyl/N-ethyl adjacent to an activating group) is 1. The third-order valence-electron chi connectivity index (χ3n) is 5.19. The summed E-state index contributed by atoms with van der Waals surface area (Å²) in [5.74, 6) is 1.10. The largest absolute Gasteiger partial charge is 0.349 e. The van der Waals surface area contributed by atoms with Crippen molar-refractivity contribution < 1.29 is 4.79 Å². The fourth-order valence-corrected chi connectivity index (χ4v) is 3.29. The molecule has 0 aliphatic heterocycles. The van der Waals surface area contributed by atoms with Gasteiger partial charge in [-0.15, -0.1) is 0 Å². The van der Waals surface area contributed by atoms with Crippen molar-refractivity contribution in [3.05, 3.63) is 0 Å².